The number of carbonyl (C=O) groups excluding carboxylic acids is 1. The van der Waals surface area contributed by atoms with Gasteiger partial charge in [0.25, 0.3) is 0 Å². The number of hydrogen-bond donors (Lipinski definition) is 3. The predicted molar refractivity (Wildman–Crippen MR) is 47.1 cm³/mol. The van der Waals surface area contributed by atoms with E-state index in [0.29, 0.717) is 13.0 Å². The van der Waals surface area contributed by atoms with E-state index in [2.05, 4.69) is 10.7 Å². The van der Waals surface area contributed by atoms with Crippen LogP contribution >= 0.6 is 0 Å². The maximum atomic E-state index is 10.9. The van der Waals surface area contributed by atoms with Gasteiger partial charge in [-0.2, -0.15) is 0 Å². The Bertz CT molecular complexity index is 182. The van der Waals surface area contributed by atoms with Gasteiger partial charge >= 0.3 is 12.0 Å². The highest BCUT2D eigenvalue weighted by Gasteiger charge is 2.00. The summed E-state index contributed by atoms with van der Waals surface area (Å²) in [5.74, 6) is -0.852. The van der Waals surface area contributed by atoms with E-state index in [1.165, 1.54) is 5.01 Å². The van der Waals surface area contributed by atoms with E-state index in [9.17, 15) is 9.59 Å². The van der Waals surface area contributed by atoms with E-state index < -0.39 is 5.97 Å². The molecule has 13 heavy (non-hydrogen) atoms. The standard InChI is InChI=1S/C7H15N3O3/c1-10(2)9-7(13)8-5-3-4-6(11)12/h3-5H2,1-2H3,(H,11,12)(H2,8,9,13). The first-order chi connectivity index (χ1) is 6.02. The van der Waals surface area contributed by atoms with Crippen LogP contribution in [0, 0.1) is 0 Å². The zero-order chi connectivity index (χ0) is 10.3. The van der Waals surface area contributed by atoms with Crippen molar-refractivity contribution in [2.75, 3.05) is 20.6 Å². The number of carbonyl (C=O) groups is 2. The molecule has 0 aromatic carbocycles. The molecule has 0 saturated heterocycles. The van der Waals surface area contributed by atoms with Crippen molar-refractivity contribution in [1.29, 1.82) is 0 Å². The van der Waals surface area contributed by atoms with Crippen molar-refractivity contribution in [2.24, 2.45) is 0 Å². The van der Waals surface area contributed by atoms with Crippen molar-refractivity contribution in [1.82, 2.24) is 15.8 Å². The van der Waals surface area contributed by atoms with Gasteiger partial charge in [-0.25, -0.2) is 9.80 Å². The molecule has 0 saturated carbocycles. The monoisotopic (exact) mass is 189 g/mol. The fourth-order valence-corrected chi connectivity index (χ4v) is 0.684. The van der Waals surface area contributed by atoms with Crippen molar-refractivity contribution in [3.8, 4) is 0 Å². The third-order valence-electron chi connectivity index (χ3n) is 1.18. The zero-order valence-electron chi connectivity index (χ0n) is 7.83. The average molecular weight is 189 g/mol. The molecule has 0 aliphatic heterocycles. The maximum absolute atomic E-state index is 10.9. The summed E-state index contributed by atoms with van der Waals surface area (Å²) in [5.41, 5.74) is 2.47. The van der Waals surface area contributed by atoms with Crippen molar-refractivity contribution >= 4 is 12.0 Å². The number of carboxylic acid groups (broad SMARTS) is 1. The van der Waals surface area contributed by atoms with E-state index in [1.54, 1.807) is 14.1 Å². The lowest BCUT2D eigenvalue weighted by Gasteiger charge is -2.12. The molecule has 0 unspecified atom stereocenters. The van der Waals surface area contributed by atoms with Crippen LogP contribution in [0.2, 0.25) is 0 Å². The number of hydrazine groups is 1. The van der Waals surface area contributed by atoms with E-state index in [-0.39, 0.29) is 12.5 Å². The van der Waals surface area contributed by atoms with Gasteiger partial charge in [0.05, 0.1) is 0 Å². The second-order valence-electron chi connectivity index (χ2n) is 2.76. The maximum Gasteiger partial charge on any atom is 0.329 e. The molecule has 0 fully saturated rings. The molecule has 6 heteroatoms. The van der Waals surface area contributed by atoms with E-state index in [1.807, 2.05) is 0 Å². The van der Waals surface area contributed by atoms with Crippen molar-refractivity contribution < 1.29 is 14.7 Å². The van der Waals surface area contributed by atoms with Crippen LogP contribution in [0.3, 0.4) is 0 Å². The second kappa shape index (κ2) is 6.24. The van der Waals surface area contributed by atoms with Gasteiger partial charge in [-0.15, -0.1) is 0 Å². The lowest BCUT2D eigenvalue weighted by molar-refractivity contribution is -0.137. The molecule has 76 valence electrons. The third kappa shape index (κ3) is 8.61. The Labute approximate surface area is 76.9 Å². The number of aliphatic carboxylic acids is 1. The van der Waals surface area contributed by atoms with Gasteiger partial charge in [-0.3, -0.25) is 10.2 Å². The molecule has 0 spiro atoms. The highest BCUT2D eigenvalue weighted by atomic mass is 16.4. The Morgan fingerprint density at radius 1 is 1.38 bits per heavy atom. The minimum Gasteiger partial charge on any atom is -0.481 e. The number of amides is 2. The topological polar surface area (TPSA) is 81.7 Å². The van der Waals surface area contributed by atoms with Crippen LogP contribution in [-0.4, -0.2) is 42.8 Å². The van der Waals surface area contributed by atoms with E-state index >= 15 is 0 Å². The normalized spacial score (nSPS) is 9.77. The summed E-state index contributed by atoms with van der Waals surface area (Å²) in [6.45, 7) is 0.367. The molecule has 2 amide bonds. The summed E-state index contributed by atoms with van der Waals surface area (Å²) < 4.78 is 0. The summed E-state index contributed by atoms with van der Waals surface area (Å²) in [6.07, 6.45) is 0.512. The summed E-state index contributed by atoms with van der Waals surface area (Å²) in [7, 11) is 3.38. The largest absolute Gasteiger partial charge is 0.481 e. The molecule has 0 aliphatic carbocycles. The summed E-state index contributed by atoms with van der Waals surface area (Å²) >= 11 is 0. The lowest BCUT2D eigenvalue weighted by Crippen LogP contribution is -2.43. The fourth-order valence-electron chi connectivity index (χ4n) is 0.684. The minimum atomic E-state index is -0.852. The van der Waals surface area contributed by atoms with E-state index in [0.717, 1.165) is 0 Å². The van der Waals surface area contributed by atoms with Crippen molar-refractivity contribution in [3.63, 3.8) is 0 Å². The molecule has 0 aromatic heterocycles. The van der Waals surface area contributed by atoms with Crippen LogP contribution in [0.25, 0.3) is 0 Å². The van der Waals surface area contributed by atoms with Gasteiger partial charge in [-0.05, 0) is 6.42 Å². The van der Waals surface area contributed by atoms with Crippen LogP contribution in [0.15, 0.2) is 0 Å². The number of hydrogen-bond acceptors (Lipinski definition) is 3. The van der Waals surface area contributed by atoms with Crippen LogP contribution in [0.5, 0.6) is 0 Å². The van der Waals surface area contributed by atoms with Crippen molar-refractivity contribution in [2.45, 2.75) is 12.8 Å². The number of nitrogens with one attached hydrogen (secondary N) is 2. The zero-order valence-corrected chi connectivity index (χ0v) is 7.83. The van der Waals surface area contributed by atoms with Gasteiger partial charge in [0, 0.05) is 27.1 Å². The molecule has 6 nitrogen and oxygen atoms in total. The molecule has 0 rings (SSSR count). The van der Waals surface area contributed by atoms with Crippen LogP contribution in [-0.2, 0) is 4.79 Å². The Morgan fingerprint density at radius 2 is 2.00 bits per heavy atom. The van der Waals surface area contributed by atoms with Gasteiger partial charge in [-0.1, -0.05) is 0 Å². The fraction of sp³-hybridized carbons (Fsp3) is 0.714. The highest BCUT2D eigenvalue weighted by molar-refractivity contribution is 5.73. The first kappa shape index (κ1) is 11.7. The predicted octanol–water partition coefficient (Wildman–Crippen LogP) is -0.373. The van der Waals surface area contributed by atoms with Crippen LogP contribution in [0.1, 0.15) is 12.8 Å². The molecular weight excluding hydrogens is 174 g/mol. The highest BCUT2D eigenvalue weighted by Crippen LogP contribution is 1.85. The van der Waals surface area contributed by atoms with Gasteiger partial charge in [0.15, 0.2) is 0 Å². The molecule has 0 aliphatic rings. The number of rotatable bonds is 5. The van der Waals surface area contributed by atoms with Gasteiger partial charge in [0.1, 0.15) is 0 Å². The molecule has 0 radical (unpaired) electrons. The molecule has 0 atom stereocenters. The smallest absolute Gasteiger partial charge is 0.329 e. The first-order valence-electron chi connectivity index (χ1n) is 3.96. The Morgan fingerprint density at radius 3 is 2.46 bits per heavy atom. The molecular formula is C7H15N3O3. The average Bonchev–Trinajstić information content (AvgIpc) is 1.96. The van der Waals surface area contributed by atoms with Crippen molar-refractivity contribution in [3.05, 3.63) is 0 Å². The second-order valence-corrected chi connectivity index (χ2v) is 2.76. The third-order valence-corrected chi connectivity index (χ3v) is 1.18. The molecule has 0 bridgehead atoms. The van der Waals surface area contributed by atoms with Gasteiger partial charge in [0.2, 0.25) is 0 Å². The van der Waals surface area contributed by atoms with Gasteiger partial charge < -0.3 is 10.4 Å². The first-order valence-corrected chi connectivity index (χ1v) is 3.96. The Kier molecular flexibility index (Phi) is 5.62. The summed E-state index contributed by atoms with van der Waals surface area (Å²) in [6, 6.07) is -0.324. The number of nitrogens with zero attached hydrogens (tertiary/aromatic N) is 1. The minimum absolute atomic E-state index is 0.0717. The van der Waals surface area contributed by atoms with Crippen LogP contribution < -0.4 is 10.7 Å². The number of urea groups is 1. The summed E-state index contributed by atoms with van der Waals surface area (Å²) in [5, 5.41) is 12.3. The SMILES string of the molecule is CN(C)NC(=O)NCCCC(=O)O. The molecule has 0 heterocycles. The number of carboxylic acids is 1. The summed E-state index contributed by atoms with van der Waals surface area (Å²) in [4.78, 5) is 21.0. The molecule has 3 N–H and O–H groups in total. The van der Waals surface area contributed by atoms with E-state index in [4.69, 9.17) is 5.11 Å². The lowest BCUT2D eigenvalue weighted by atomic mass is 10.3. The quantitative estimate of drug-likeness (QED) is 0.407. The molecule has 0 aromatic rings. The Hall–Kier alpha value is -1.30. The van der Waals surface area contributed by atoms with Crippen LogP contribution in [0.4, 0.5) is 4.79 Å². The Balaban J connectivity index is 3.32.